The van der Waals surface area contributed by atoms with Crippen LogP contribution in [0.2, 0.25) is 0 Å². The van der Waals surface area contributed by atoms with E-state index >= 15 is 0 Å². The van der Waals surface area contributed by atoms with Crippen LogP contribution in [-0.2, 0) is 0 Å². The number of hydrogen-bond acceptors (Lipinski definition) is 0. The fourth-order valence-corrected chi connectivity index (χ4v) is 3.68. The Bertz CT molecular complexity index is 145. The molecule has 0 aliphatic heterocycles. The smallest absolute Gasteiger partial charge is 0.0637 e. The summed E-state index contributed by atoms with van der Waals surface area (Å²) in [5.74, 6) is 0. The van der Waals surface area contributed by atoms with Crippen LogP contribution in [0.5, 0.6) is 0 Å². The summed E-state index contributed by atoms with van der Waals surface area (Å²) in [4.78, 5) is -0.101. The van der Waals surface area contributed by atoms with Gasteiger partial charge in [-0.1, -0.05) is 25.7 Å². The predicted molar refractivity (Wildman–Crippen MR) is 54.1 cm³/mol. The van der Waals surface area contributed by atoms with Crippen molar-refractivity contribution in [2.45, 2.75) is 61.1 Å². The third-order valence-electron chi connectivity index (χ3n) is 3.60. The number of rotatable bonds is 0. The van der Waals surface area contributed by atoms with Gasteiger partial charge in [-0.3, -0.25) is 0 Å². The van der Waals surface area contributed by atoms with Crippen LogP contribution in [0, 0.1) is 0 Å². The Hall–Kier alpha value is 0.580. The van der Waals surface area contributed by atoms with Gasteiger partial charge in [0.1, 0.15) is 0 Å². The van der Waals surface area contributed by atoms with Crippen molar-refractivity contribution in [3.63, 3.8) is 0 Å². The maximum absolute atomic E-state index is 6.59. The molecule has 0 unspecified atom stereocenters. The summed E-state index contributed by atoms with van der Waals surface area (Å²) in [7, 11) is 0. The molecule has 70 valence electrons. The fourth-order valence-electron chi connectivity index (χ4n) is 2.77. The molecule has 2 rings (SSSR count). The van der Waals surface area contributed by atoms with Crippen molar-refractivity contribution in [3.05, 3.63) is 0 Å². The first-order chi connectivity index (χ1) is 5.66. The third-order valence-corrected chi connectivity index (χ3v) is 5.17. The second-order valence-corrected chi connectivity index (χ2v) is 5.79. The van der Waals surface area contributed by atoms with Crippen molar-refractivity contribution in [1.29, 1.82) is 0 Å². The van der Waals surface area contributed by atoms with Crippen molar-refractivity contribution < 1.29 is 0 Å². The molecule has 0 amide bonds. The molecular weight excluding hydrogens is 191 g/mol. The highest BCUT2D eigenvalue weighted by molar-refractivity contribution is 6.35. The molecule has 2 aliphatic rings. The summed E-state index contributed by atoms with van der Waals surface area (Å²) < 4.78 is 0. The van der Waals surface area contributed by atoms with Crippen LogP contribution in [0.25, 0.3) is 0 Å². The Morgan fingerprint density at radius 3 is 1.08 bits per heavy atom. The molecule has 12 heavy (non-hydrogen) atoms. The first-order valence-electron chi connectivity index (χ1n) is 5.04. The molecule has 0 heterocycles. The van der Waals surface area contributed by atoms with Crippen molar-refractivity contribution in [3.8, 4) is 0 Å². The van der Waals surface area contributed by atoms with Crippen LogP contribution in [0.15, 0.2) is 0 Å². The van der Waals surface area contributed by atoms with Gasteiger partial charge in [-0.2, -0.15) is 0 Å². The minimum atomic E-state index is -0.0505. The molecule has 0 atom stereocenters. The number of halogens is 2. The summed E-state index contributed by atoms with van der Waals surface area (Å²) >= 11 is 13.2. The summed E-state index contributed by atoms with van der Waals surface area (Å²) in [6.45, 7) is 0. The van der Waals surface area contributed by atoms with E-state index in [4.69, 9.17) is 23.2 Å². The highest BCUT2D eigenvalue weighted by Gasteiger charge is 2.51. The van der Waals surface area contributed by atoms with Crippen LogP contribution >= 0.6 is 23.2 Å². The minimum absolute atomic E-state index is 0.0505. The zero-order valence-corrected chi connectivity index (χ0v) is 8.92. The third kappa shape index (κ3) is 1.28. The van der Waals surface area contributed by atoms with Gasteiger partial charge in [0.25, 0.3) is 0 Å². The summed E-state index contributed by atoms with van der Waals surface area (Å²) in [5, 5.41) is 0. The molecular formula is C10H16Cl2. The lowest BCUT2D eigenvalue weighted by molar-refractivity contribution is 0.223. The Kier molecular flexibility index (Phi) is 2.33. The van der Waals surface area contributed by atoms with E-state index in [1.54, 1.807) is 0 Å². The molecule has 2 fully saturated rings. The topological polar surface area (TPSA) is 0 Å². The minimum Gasteiger partial charge on any atom is -0.117 e. The molecule has 0 spiro atoms. The standard InChI is InChI=1S/C10H16Cl2/c11-9-5-1-2-6-10(9,12)8-4-3-7-9/h1-8H2. The summed E-state index contributed by atoms with van der Waals surface area (Å²) in [6.07, 6.45) is 9.65. The molecule has 2 aliphatic carbocycles. The average molecular weight is 207 g/mol. The molecule has 2 heteroatoms. The van der Waals surface area contributed by atoms with Gasteiger partial charge in [0, 0.05) is 0 Å². The quantitative estimate of drug-likeness (QED) is 0.525. The van der Waals surface area contributed by atoms with Crippen molar-refractivity contribution in [2.24, 2.45) is 0 Å². The number of fused-ring (bicyclic) bond motifs is 1. The van der Waals surface area contributed by atoms with Gasteiger partial charge in [0.15, 0.2) is 0 Å². The molecule has 0 aromatic heterocycles. The molecule has 0 bridgehead atoms. The lowest BCUT2D eigenvalue weighted by Gasteiger charge is -2.49. The zero-order valence-electron chi connectivity index (χ0n) is 7.41. The Balaban J connectivity index is 2.20. The maximum Gasteiger partial charge on any atom is 0.0637 e. The van der Waals surface area contributed by atoms with Gasteiger partial charge in [0.2, 0.25) is 0 Å². The Morgan fingerprint density at radius 2 is 0.833 bits per heavy atom. The van der Waals surface area contributed by atoms with Gasteiger partial charge in [-0.15, -0.1) is 23.2 Å². The van der Waals surface area contributed by atoms with Gasteiger partial charge in [-0.25, -0.2) is 0 Å². The van der Waals surface area contributed by atoms with E-state index in [1.165, 1.54) is 25.7 Å². The van der Waals surface area contributed by atoms with E-state index in [1.807, 2.05) is 0 Å². The summed E-state index contributed by atoms with van der Waals surface area (Å²) in [5.41, 5.74) is 0. The zero-order chi connectivity index (χ0) is 8.66. The second kappa shape index (κ2) is 3.06. The SMILES string of the molecule is ClC12CCCCC1(Cl)CCCC2. The highest BCUT2D eigenvalue weighted by Crippen LogP contribution is 2.54. The predicted octanol–water partition coefficient (Wildman–Crippen LogP) is 4.09. The van der Waals surface area contributed by atoms with Crippen LogP contribution in [0.4, 0.5) is 0 Å². The van der Waals surface area contributed by atoms with E-state index in [9.17, 15) is 0 Å². The first-order valence-corrected chi connectivity index (χ1v) is 5.80. The lowest BCUT2D eigenvalue weighted by atomic mass is 9.69. The molecule has 0 aromatic rings. The molecule has 0 nitrogen and oxygen atoms in total. The van der Waals surface area contributed by atoms with Crippen molar-refractivity contribution in [1.82, 2.24) is 0 Å². The first kappa shape index (κ1) is 9.15. The van der Waals surface area contributed by atoms with Crippen LogP contribution in [0.3, 0.4) is 0 Å². The molecule has 2 saturated carbocycles. The molecule has 0 aromatic carbocycles. The van der Waals surface area contributed by atoms with Crippen molar-refractivity contribution >= 4 is 23.2 Å². The van der Waals surface area contributed by atoms with Gasteiger partial charge < -0.3 is 0 Å². The average Bonchev–Trinajstić information content (AvgIpc) is 2.05. The van der Waals surface area contributed by atoms with Crippen molar-refractivity contribution in [2.75, 3.05) is 0 Å². The van der Waals surface area contributed by atoms with Gasteiger partial charge in [-0.05, 0) is 25.7 Å². The number of hydrogen-bond donors (Lipinski definition) is 0. The monoisotopic (exact) mass is 206 g/mol. The van der Waals surface area contributed by atoms with Gasteiger partial charge in [0.05, 0.1) is 9.75 Å². The van der Waals surface area contributed by atoms with E-state index in [2.05, 4.69) is 0 Å². The molecule has 0 N–H and O–H groups in total. The summed E-state index contributed by atoms with van der Waals surface area (Å²) in [6, 6.07) is 0. The Morgan fingerprint density at radius 1 is 0.583 bits per heavy atom. The van der Waals surface area contributed by atoms with E-state index in [-0.39, 0.29) is 9.75 Å². The van der Waals surface area contributed by atoms with E-state index in [0.717, 1.165) is 25.7 Å². The molecule has 0 saturated heterocycles. The van der Waals surface area contributed by atoms with E-state index in [0.29, 0.717) is 0 Å². The lowest BCUT2D eigenvalue weighted by Crippen LogP contribution is -2.50. The largest absolute Gasteiger partial charge is 0.117 e. The Labute approximate surface area is 84.6 Å². The van der Waals surface area contributed by atoms with Crippen LogP contribution < -0.4 is 0 Å². The maximum atomic E-state index is 6.59. The van der Waals surface area contributed by atoms with Crippen LogP contribution in [-0.4, -0.2) is 9.75 Å². The fraction of sp³-hybridized carbons (Fsp3) is 1.00. The van der Waals surface area contributed by atoms with Gasteiger partial charge >= 0.3 is 0 Å². The normalized spacial score (nSPS) is 48.5. The van der Waals surface area contributed by atoms with Crippen LogP contribution in [0.1, 0.15) is 51.4 Å². The second-order valence-electron chi connectivity index (χ2n) is 4.34. The highest BCUT2D eigenvalue weighted by atomic mass is 35.5. The molecule has 0 radical (unpaired) electrons. The van der Waals surface area contributed by atoms with E-state index < -0.39 is 0 Å². The number of alkyl halides is 2.